The van der Waals surface area contributed by atoms with Crippen molar-refractivity contribution in [1.82, 2.24) is 26.2 Å². The topological polar surface area (TPSA) is 172 Å². The van der Waals surface area contributed by atoms with Gasteiger partial charge in [0.2, 0.25) is 17.7 Å². The molecule has 0 saturated carbocycles. The number of unbranched alkanes of at least 4 members (excludes halogenated alkanes) is 1. The van der Waals surface area contributed by atoms with Crippen LogP contribution in [0.15, 0.2) is 12.2 Å². The standard InChI is InChI=1S/C26H41N5O8S2/c1-26(2,3)39-25(37)28-15-19(31-21(33)8-9-22(31)34)24(36)30-18(23(35)29-17-11-14-40-41-16-17)7-5-6-12-27-20(32)10-13-38-4/h8-9,17-19H,5-7,10-16H2,1-4H3,(H,27,32)(H,28,37)(H,29,35)(H,30,36)/t17?,18-,19-/m0/s1. The number of imide groups is 1. The minimum Gasteiger partial charge on any atom is -0.444 e. The molecule has 0 bridgehead atoms. The van der Waals surface area contributed by atoms with Gasteiger partial charge in [-0.3, -0.25) is 28.9 Å². The van der Waals surface area contributed by atoms with Crippen LogP contribution in [0.5, 0.6) is 0 Å². The van der Waals surface area contributed by atoms with Gasteiger partial charge in [-0.05, 0) is 46.5 Å². The van der Waals surface area contributed by atoms with Crippen LogP contribution in [0, 0.1) is 0 Å². The molecule has 4 N–H and O–H groups in total. The molecule has 41 heavy (non-hydrogen) atoms. The second kappa shape index (κ2) is 17.2. The van der Waals surface area contributed by atoms with Crippen molar-refractivity contribution >= 4 is 57.2 Å². The summed E-state index contributed by atoms with van der Waals surface area (Å²) >= 11 is 0. The highest BCUT2D eigenvalue weighted by Gasteiger charge is 2.38. The number of amides is 6. The Labute approximate surface area is 248 Å². The molecule has 3 atom stereocenters. The lowest BCUT2D eigenvalue weighted by Gasteiger charge is -2.29. The maximum absolute atomic E-state index is 13.5. The molecule has 2 rings (SSSR count). The summed E-state index contributed by atoms with van der Waals surface area (Å²) in [6, 6.07) is -2.42. The summed E-state index contributed by atoms with van der Waals surface area (Å²) in [5.74, 6) is -1.08. The van der Waals surface area contributed by atoms with E-state index in [-0.39, 0.29) is 30.7 Å². The highest BCUT2D eigenvalue weighted by molar-refractivity contribution is 8.76. The van der Waals surface area contributed by atoms with E-state index in [1.807, 2.05) is 0 Å². The van der Waals surface area contributed by atoms with E-state index < -0.39 is 48.0 Å². The Morgan fingerprint density at radius 1 is 1.05 bits per heavy atom. The van der Waals surface area contributed by atoms with E-state index in [4.69, 9.17) is 9.47 Å². The van der Waals surface area contributed by atoms with Crippen LogP contribution < -0.4 is 21.3 Å². The molecule has 6 amide bonds. The van der Waals surface area contributed by atoms with Gasteiger partial charge in [-0.2, -0.15) is 0 Å². The van der Waals surface area contributed by atoms with Gasteiger partial charge in [0.1, 0.15) is 17.7 Å². The number of hydrogen-bond donors (Lipinski definition) is 4. The Hall–Kier alpha value is -2.78. The van der Waals surface area contributed by atoms with Crippen LogP contribution in [-0.4, -0.2) is 103 Å². The van der Waals surface area contributed by atoms with E-state index in [1.54, 1.807) is 42.4 Å². The molecule has 0 radical (unpaired) electrons. The maximum atomic E-state index is 13.5. The third-order valence-corrected chi connectivity index (χ3v) is 8.47. The molecule has 2 aliphatic heterocycles. The first-order valence-electron chi connectivity index (χ1n) is 13.5. The summed E-state index contributed by atoms with van der Waals surface area (Å²) in [5, 5.41) is 10.9. The zero-order valence-corrected chi connectivity index (χ0v) is 25.6. The summed E-state index contributed by atoms with van der Waals surface area (Å²) in [7, 11) is 4.91. The molecule has 0 spiro atoms. The third kappa shape index (κ3) is 12.7. The number of hydrogen-bond acceptors (Lipinski definition) is 10. The molecule has 0 aromatic carbocycles. The number of carbonyl (C=O) groups is 6. The monoisotopic (exact) mass is 615 g/mol. The van der Waals surface area contributed by atoms with Crippen molar-refractivity contribution in [3.05, 3.63) is 12.2 Å². The molecular formula is C26H41N5O8S2. The highest BCUT2D eigenvalue weighted by atomic mass is 33.1. The first-order chi connectivity index (χ1) is 19.4. The SMILES string of the molecule is COCCC(=O)NCCCC[C@H](NC(=O)[C@H](CNC(=O)OC(C)(C)C)N1C(=O)C=CC1=O)C(=O)NC1CCSSC1. The predicted octanol–water partition coefficient (Wildman–Crippen LogP) is 0.882. The first-order valence-corrected chi connectivity index (χ1v) is 16.0. The Morgan fingerprint density at radius 3 is 2.37 bits per heavy atom. The van der Waals surface area contributed by atoms with Crippen LogP contribution >= 0.6 is 21.6 Å². The van der Waals surface area contributed by atoms with E-state index in [9.17, 15) is 28.8 Å². The second-order valence-corrected chi connectivity index (χ2v) is 13.2. The fraction of sp³-hybridized carbons (Fsp3) is 0.692. The summed E-state index contributed by atoms with van der Waals surface area (Å²) in [6.07, 6.45) is 3.62. The Morgan fingerprint density at radius 2 is 1.76 bits per heavy atom. The van der Waals surface area contributed by atoms with E-state index in [2.05, 4.69) is 21.3 Å². The van der Waals surface area contributed by atoms with Crippen molar-refractivity contribution in [1.29, 1.82) is 0 Å². The number of alkyl carbamates (subject to hydrolysis) is 1. The van der Waals surface area contributed by atoms with Crippen molar-refractivity contribution < 1.29 is 38.2 Å². The zero-order valence-electron chi connectivity index (χ0n) is 24.0. The molecular weight excluding hydrogens is 574 g/mol. The van der Waals surface area contributed by atoms with Gasteiger partial charge in [0.25, 0.3) is 11.8 Å². The van der Waals surface area contributed by atoms with Gasteiger partial charge in [0, 0.05) is 49.8 Å². The number of carbonyl (C=O) groups excluding carboxylic acids is 6. The van der Waals surface area contributed by atoms with Gasteiger partial charge < -0.3 is 30.7 Å². The lowest BCUT2D eigenvalue weighted by Crippen LogP contribution is -2.59. The van der Waals surface area contributed by atoms with E-state index >= 15 is 0 Å². The van der Waals surface area contributed by atoms with Crippen LogP contribution in [0.4, 0.5) is 4.79 Å². The van der Waals surface area contributed by atoms with Crippen molar-refractivity contribution in [3.63, 3.8) is 0 Å². The molecule has 2 aliphatic rings. The largest absolute Gasteiger partial charge is 0.444 e. The van der Waals surface area contributed by atoms with Gasteiger partial charge in [-0.1, -0.05) is 21.6 Å². The molecule has 2 heterocycles. The van der Waals surface area contributed by atoms with Crippen LogP contribution in [0.2, 0.25) is 0 Å². The Bertz CT molecular complexity index is 963. The average molecular weight is 616 g/mol. The minimum atomic E-state index is -1.41. The molecule has 15 heteroatoms. The summed E-state index contributed by atoms with van der Waals surface area (Å²) in [4.78, 5) is 76.4. The van der Waals surface area contributed by atoms with Crippen LogP contribution in [0.3, 0.4) is 0 Å². The van der Waals surface area contributed by atoms with Gasteiger partial charge in [-0.15, -0.1) is 0 Å². The Kier molecular flexibility index (Phi) is 14.5. The molecule has 13 nitrogen and oxygen atoms in total. The highest BCUT2D eigenvalue weighted by Crippen LogP contribution is 2.29. The van der Waals surface area contributed by atoms with Gasteiger partial charge in [-0.25, -0.2) is 4.79 Å². The average Bonchev–Trinajstić information content (AvgIpc) is 3.23. The molecule has 1 fully saturated rings. The van der Waals surface area contributed by atoms with Crippen LogP contribution in [-0.2, 0) is 33.4 Å². The molecule has 1 saturated heterocycles. The number of ether oxygens (including phenoxy) is 2. The summed E-state index contributed by atoms with van der Waals surface area (Å²) in [5.41, 5.74) is -0.801. The summed E-state index contributed by atoms with van der Waals surface area (Å²) < 4.78 is 10.1. The number of rotatable bonds is 15. The summed E-state index contributed by atoms with van der Waals surface area (Å²) in [6.45, 7) is 5.33. The van der Waals surface area contributed by atoms with Gasteiger partial charge in [0.05, 0.1) is 13.2 Å². The zero-order chi connectivity index (χ0) is 30.4. The lowest BCUT2D eigenvalue weighted by atomic mass is 10.1. The van der Waals surface area contributed by atoms with Crippen molar-refractivity contribution in [2.24, 2.45) is 0 Å². The molecule has 1 unspecified atom stereocenters. The fourth-order valence-corrected chi connectivity index (χ4v) is 6.35. The van der Waals surface area contributed by atoms with Crippen molar-refractivity contribution in [2.75, 3.05) is 38.3 Å². The number of methoxy groups -OCH3 is 1. The van der Waals surface area contributed by atoms with E-state index in [0.717, 1.165) is 35.0 Å². The van der Waals surface area contributed by atoms with E-state index in [0.29, 0.717) is 26.0 Å². The Balaban J connectivity index is 2.09. The molecule has 0 aromatic rings. The lowest BCUT2D eigenvalue weighted by molar-refractivity contribution is -0.145. The maximum Gasteiger partial charge on any atom is 0.407 e. The smallest absolute Gasteiger partial charge is 0.407 e. The quantitative estimate of drug-likeness (QED) is 0.118. The second-order valence-electron chi connectivity index (χ2n) is 10.5. The minimum absolute atomic E-state index is 0.0520. The van der Waals surface area contributed by atoms with E-state index in [1.165, 1.54) is 7.11 Å². The van der Waals surface area contributed by atoms with Gasteiger partial charge >= 0.3 is 6.09 Å². The normalized spacial score (nSPS) is 18.4. The number of nitrogens with one attached hydrogen (secondary N) is 4. The third-order valence-electron chi connectivity index (χ3n) is 5.95. The molecule has 0 aromatic heterocycles. The molecule has 230 valence electrons. The van der Waals surface area contributed by atoms with Crippen LogP contribution in [0.1, 0.15) is 52.9 Å². The number of nitrogens with zero attached hydrogens (tertiary/aromatic N) is 1. The fourth-order valence-electron chi connectivity index (χ4n) is 3.91. The first kappa shape index (κ1) is 34.4. The van der Waals surface area contributed by atoms with Crippen LogP contribution in [0.25, 0.3) is 0 Å². The molecule has 0 aliphatic carbocycles. The predicted molar refractivity (Wildman–Crippen MR) is 156 cm³/mol. The van der Waals surface area contributed by atoms with Gasteiger partial charge in [0.15, 0.2) is 0 Å². The van der Waals surface area contributed by atoms with Crippen molar-refractivity contribution in [2.45, 2.75) is 76.6 Å². The van der Waals surface area contributed by atoms with Crippen molar-refractivity contribution in [3.8, 4) is 0 Å².